The lowest BCUT2D eigenvalue weighted by atomic mass is 10.1. The standard InChI is InChI=1S/C23H13Br2ClN2O6S/c24-14-2-6-16(7-3-14)28-22(30)18(21(29)27-23(28)31)11-13-1-10-20(19(25)12-13)34-35(32,33)17-8-4-15(26)5-9-17/h1-12H,(H,27,29,31)/b18-11+. The molecule has 1 saturated heterocycles. The van der Waals surface area contributed by atoms with E-state index >= 15 is 0 Å². The summed E-state index contributed by atoms with van der Waals surface area (Å²) in [6.45, 7) is 0. The van der Waals surface area contributed by atoms with E-state index < -0.39 is 28.0 Å². The minimum Gasteiger partial charge on any atom is -0.378 e. The van der Waals surface area contributed by atoms with Gasteiger partial charge in [-0.1, -0.05) is 33.6 Å². The molecule has 0 radical (unpaired) electrons. The van der Waals surface area contributed by atoms with Crippen LogP contribution in [0.2, 0.25) is 5.02 Å². The first-order valence-electron chi connectivity index (χ1n) is 9.72. The van der Waals surface area contributed by atoms with Crippen molar-refractivity contribution < 1.29 is 27.0 Å². The van der Waals surface area contributed by atoms with E-state index in [1.807, 2.05) is 0 Å². The Hall–Kier alpha value is -2.99. The maximum atomic E-state index is 13.0. The monoisotopic (exact) mass is 638 g/mol. The average molecular weight is 641 g/mol. The number of carbonyl (C=O) groups is 3. The smallest absolute Gasteiger partial charge is 0.339 e. The topological polar surface area (TPSA) is 110 Å². The van der Waals surface area contributed by atoms with Gasteiger partial charge < -0.3 is 4.18 Å². The molecule has 0 atom stereocenters. The van der Waals surface area contributed by atoms with Gasteiger partial charge in [-0.3, -0.25) is 14.9 Å². The second-order valence-electron chi connectivity index (χ2n) is 7.12. The number of rotatable bonds is 5. The Labute approximate surface area is 221 Å². The van der Waals surface area contributed by atoms with E-state index in [1.165, 1.54) is 48.5 Å². The maximum Gasteiger partial charge on any atom is 0.339 e. The van der Waals surface area contributed by atoms with Gasteiger partial charge in [-0.2, -0.15) is 8.42 Å². The van der Waals surface area contributed by atoms with Crippen molar-refractivity contribution in [3.8, 4) is 5.75 Å². The number of carbonyl (C=O) groups excluding carboxylic acids is 3. The molecule has 0 aliphatic carbocycles. The van der Waals surface area contributed by atoms with Gasteiger partial charge in [-0.15, -0.1) is 0 Å². The van der Waals surface area contributed by atoms with Gasteiger partial charge in [0.25, 0.3) is 11.8 Å². The predicted molar refractivity (Wildman–Crippen MR) is 137 cm³/mol. The molecule has 4 amide bonds. The van der Waals surface area contributed by atoms with Gasteiger partial charge in [-0.05, 0) is 88.2 Å². The van der Waals surface area contributed by atoms with Crippen molar-refractivity contribution in [1.29, 1.82) is 0 Å². The second-order valence-corrected chi connectivity index (χ2v) is 10.9. The second kappa shape index (κ2) is 9.94. The molecule has 3 aromatic rings. The highest BCUT2D eigenvalue weighted by molar-refractivity contribution is 9.10. The van der Waals surface area contributed by atoms with E-state index in [0.717, 1.165) is 9.37 Å². The summed E-state index contributed by atoms with van der Waals surface area (Å²) in [5.74, 6) is -1.66. The van der Waals surface area contributed by atoms with Gasteiger partial charge in [0.05, 0.1) is 10.2 Å². The molecule has 35 heavy (non-hydrogen) atoms. The lowest BCUT2D eigenvalue weighted by Crippen LogP contribution is -2.54. The highest BCUT2D eigenvalue weighted by atomic mass is 79.9. The molecule has 1 heterocycles. The third-order valence-electron chi connectivity index (χ3n) is 4.76. The lowest BCUT2D eigenvalue weighted by molar-refractivity contribution is -0.122. The first-order valence-corrected chi connectivity index (χ1v) is 13.1. The van der Waals surface area contributed by atoms with Crippen LogP contribution in [-0.2, 0) is 19.7 Å². The number of nitrogens with zero attached hydrogens (tertiary/aromatic N) is 1. The Morgan fingerprint density at radius 2 is 1.57 bits per heavy atom. The van der Waals surface area contributed by atoms with E-state index in [1.54, 1.807) is 24.3 Å². The molecule has 3 aromatic carbocycles. The zero-order chi connectivity index (χ0) is 25.3. The molecule has 0 aromatic heterocycles. The van der Waals surface area contributed by atoms with E-state index in [9.17, 15) is 22.8 Å². The largest absolute Gasteiger partial charge is 0.378 e. The summed E-state index contributed by atoms with van der Waals surface area (Å²) in [5.41, 5.74) is 0.394. The average Bonchev–Trinajstić information content (AvgIpc) is 2.80. The van der Waals surface area contributed by atoms with Crippen LogP contribution in [0.5, 0.6) is 5.75 Å². The number of benzene rings is 3. The van der Waals surface area contributed by atoms with Crippen LogP contribution in [0.1, 0.15) is 5.56 Å². The number of imide groups is 2. The van der Waals surface area contributed by atoms with Crippen LogP contribution in [0.3, 0.4) is 0 Å². The highest BCUT2D eigenvalue weighted by Gasteiger charge is 2.36. The number of hydrogen-bond acceptors (Lipinski definition) is 6. The van der Waals surface area contributed by atoms with E-state index in [4.69, 9.17) is 15.8 Å². The molecule has 178 valence electrons. The summed E-state index contributed by atoms with van der Waals surface area (Å²) in [7, 11) is -4.13. The van der Waals surface area contributed by atoms with Crippen LogP contribution in [0.15, 0.2) is 86.1 Å². The van der Waals surface area contributed by atoms with Crippen molar-refractivity contribution in [2.24, 2.45) is 0 Å². The first kappa shape index (κ1) is 25.1. The van der Waals surface area contributed by atoms with Crippen LogP contribution in [0.4, 0.5) is 10.5 Å². The number of anilines is 1. The normalized spacial score (nSPS) is 15.3. The van der Waals surface area contributed by atoms with Gasteiger partial charge in [0, 0.05) is 9.50 Å². The number of urea groups is 1. The van der Waals surface area contributed by atoms with Crippen LogP contribution < -0.4 is 14.4 Å². The number of amides is 4. The van der Waals surface area contributed by atoms with Gasteiger partial charge >= 0.3 is 16.1 Å². The van der Waals surface area contributed by atoms with E-state index in [0.29, 0.717) is 10.6 Å². The fourth-order valence-corrected chi connectivity index (χ4v) is 5.01. The molecule has 8 nitrogen and oxygen atoms in total. The van der Waals surface area contributed by atoms with Crippen molar-refractivity contribution in [2.75, 3.05) is 4.90 Å². The number of barbiturate groups is 1. The zero-order valence-corrected chi connectivity index (χ0v) is 22.1. The fraction of sp³-hybridized carbons (Fsp3) is 0. The van der Waals surface area contributed by atoms with Gasteiger partial charge in [-0.25, -0.2) is 9.69 Å². The molecule has 4 rings (SSSR count). The molecule has 0 bridgehead atoms. The van der Waals surface area contributed by atoms with Crippen LogP contribution in [0.25, 0.3) is 6.08 Å². The Morgan fingerprint density at radius 1 is 0.914 bits per heavy atom. The highest BCUT2D eigenvalue weighted by Crippen LogP contribution is 2.31. The molecule has 0 spiro atoms. The number of hydrogen-bond donors (Lipinski definition) is 1. The van der Waals surface area contributed by atoms with E-state index in [2.05, 4.69) is 37.2 Å². The summed E-state index contributed by atoms with van der Waals surface area (Å²) in [6.07, 6.45) is 1.29. The van der Waals surface area contributed by atoms with Crippen LogP contribution in [0, 0.1) is 0 Å². The minimum absolute atomic E-state index is 0.00631. The van der Waals surface area contributed by atoms with Crippen molar-refractivity contribution >= 4 is 83.2 Å². The first-order chi connectivity index (χ1) is 16.5. The fourth-order valence-electron chi connectivity index (χ4n) is 3.09. The lowest BCUT2D eigenvalue weighted by Gasteiger charge is -2.26. The third-order valence-corrected chi connectivity index (χ3v) is 7.40. The third kappa shape index (κ3) is 5.48. The zero-order valence-electron chi connectivity index (χ0n) is 17.4. The Balaban J connectivity index is 1.61. The molecule has 12 heteroatoms. The van der Waals surface area contributed by atoms with E-state index in [-0.39, 0.29) is 26.4 Å². The van der Waals surface area contributed by atoms with Crippen molar-refractivity contribution in [3.05, 3.63) is 91.8 Å². The predicted octanol–water partition coefficient (Wildman–Crippen LogP) is 5.30. The van der Waals surface area contributed by atoms with Gasteiger partial charge in [0.15, 0.2) is 5.75 Å². The molecular formula is C23H13Br2ClN2O6S. The molecule has 1 N–H and O–H groups in total. The quantitative estimate of drug-likeness (QED) is 0.230. The Kier molecular flexibility index (Phi) is 7.13. The summed E-state index contributed by atoms with van der Waals surface area (Å²) < 4.78 is 31.3. The molecule has 1 aliphatic rings. The summed E-state index contributed by atoms with van der Waals surface area (Å²) >= 11 is 12.3. The molecule has 0 unspecified atom stereocenters. The Morgan fingerprint density at radius 3 is 2.20 bits per heavy atom. The van der Waals surface area contributed by atoms with Crippen LogP contribution in [-0.4, -0.2) is 26.3 Å². The van der Waals surface area contributed by atoms with Crippen molar-refractivity contribution in [3.63, 3.8) is 0 Å². The maximum absolute atomic E-state index is 13.0. The summed E-state index contributed by atoms with van der Waals surface area (Å²) in [5, 5.41) is 2.52. The molecule has 1 fully saturated rings. The molecule has 0 saturated carbocycles. The van der Waals surface area contributed by atoms with Crippen molar-refractivity contribution in [2.45, 2.75) is 4.90 Å². The summed E-state index contributed by atoms with van der Waals surface area (Å²) in [6, 6.07) is 15.3. The molecular weight excluding hydrogens is 628 g/mol. The SMILES string of the molecule is O=C1NC(=O)N(c2ccc(Br)cc2)C(=O)/C1=C/c1ccc(OS(=O)(=O)c2ccc(Cl)cc2)c(Br)c1. The number of nitrogens with one attached hydrogen (secondary N) is 1. The summed E-state index contributed by atoms with van der Waals surface area (Å²) in [4.78, 5) is 38.5. The van der Waals surface area contributed by atoms with Gasteiger partial charge in [0.2, 0.25) is 0 Å². The Bertz CT molecular complexity index is 1490. The molecule has 1 aliphatic heterocycles. The minimum atomic E-state index is -4.13. The van der Waals surface area contributed by atoms with Gasteiger partial charge in [0.1, 0.15) is 10.5 Å². The van der Waals surface area contributed by atoms with Crippen molar-refractivity contribution in [1.82, 2.24) is 5.32 Å². The number of halogens is 3. The van der Waals surface area contributed by atoms with Crippen LogP contribution >= 0.6 is 43.5 Å².